The fourth-order valence-electron chi connectivity index (χ4n) is 5.58. The van der Waals surface area contributed by atoms with Crippen LogP contribution >= 0.6 is 0 Å². The van der Waals surface area contributed by atoms with Crippen LogP contribution in [-0.2, 0) is 22.7 Å². The van der Waals surface area contributed by atoms with Crippen molar-refractivity contribution >= 4 is 21.6 Å². The number of pyridine rings is 1. The van der Waals surface area contributed by atoms with Gasteiger partial charge in [0, 0.05) is 25.3 Å². The molecule has 0 radical (unpaired) electrons. The summed E-state index contributed by atoms with van der Waals surface area (Å²) in [7, 11) is -2.99. The van der Waals surface area contributed by atoms with Gasteiger partial charge in [0.2, 0.25) is 0 Å². The Morgan fingerprint density at radius 2 is 1.89 bits per heavy atom. The number of nitrogens with one attached hydrogen (secondary N) is 1. The van der Waals surface area contributed by atoms with Gasteiger partial charge in [0.05, 0.1) is 17.1 Å². The monoisotopic (exact) mass is 389 g/mol. The van der Waals surface area contributed by atoms with Gasteiger partial charge in [0.1, 0.15) is 5.82 Å². The number of nitrogens with zero attached hydrogens (tertiary/aromatic N) is 2. The van der Waals surface area contributed by atoms with Crippen molar-refractivity contribution in [3.05, 3.63) is 22.9 Å². The Labute approximate surface area is 160 Å². The molecular formula is C20H27N3O3S. The van der Waals surface area contributed by atoms with Crippen LogP contribution in [0.15, 0.2) is 6.20 Å². The maximum atomic E-state index is 13.0. The Morgan fingerprint density at radius 3 is 2.59 bits per heavy atom. The molecule has 7 heteroatoms. The smallest absolute Gasteiger partial charge is 0.255 e. The van der Waals surface area contributed by atoms with E-state index < -0.39 is 9.84 Å². The van der Waals surface area contributed by atoms with Crippen molar-refractivity contribution in [1.29, 1.82) is 0 Å². The van der Waals surface area contributed by atoms with Crippen LogP contribution in [0.2, 0.25) is 0 Å². The fraction of sp³-hybridized carbons (Fsp3) is 0.700. The number of carbonyl (C=O) groups is 1. The van der Waals surface area contributed by atoms with Crippen molar-refractivity contribution in [3.63, 3.8) is 0 Å². The molecule has 2 bridgehead atoms. The second-order valence-electron chi connectivity index (χ2n) is 8.70. The number of anilines is 1. The highest BCUT2D eigenvalue weighted by Gasteiger charge is 2.40. The zero-order valence-electron chi connectivity index (χ0n) is 15.6. The Hall–Kier alpha value is -1.63. The molecule has 1 aromatic rings. The SMILES string of the molecule is O=C(c1cnc(N[C@@H]2C[C@H]3CC[C@@H]2C3)c2c1CCC2)N1CCS(=O)(=O)CC1. The Kier molecular flexibility index (Phi) is 4.18. The maximum Gasteiger partial charge on any atom is 0.255 e. The van der Waals surface area contributed by atoms with E-state index in [-0.39, 0.29) is 17.4 Å². The molecule has 6 nitrogen and oxygen atoms in total. The van der Waals surface area contributed by atoms with Gasteiger partial charge in [-0.05, 0) is 61.5 Å². The zero-order valence-corrected chi connectivity index (χ0v) is 16.4. The predicted molar refractivity (Wildman–Crippen MR) is 104 cm³/mol. The molecule has 146 valence electrons. The van der Waals surface area contributed by atoms with Gasteiger partial charge >= 0.3 is 0 Å². The molecular weight excluding hydrogens is 362 g/mol. The largest absolute Gasteiger partial charge is 0.367 e. The van der Waals surface area contributed by atoms with E-state index in [9.17, 15) is 13.2 Å². The first-order valence-electron chi connectivity index (χ1n) is 10.3. The summed E-state index contributed by atoms with van der Waals surface area (Å²) in [6.45, 7) is 0.585. The molecule has 3 fully saturated rings. The highest BCUT2D eigenvalue weighted by Crippen LogP contribution is 2.46. The first-order valence-corrected chi connectivity index (χ1v) is 12.1. The van der Waals surface area contributed by atoms with Crippen molar-refractivity contribution in [2.45, 2.75) is 51.0 Å². The van der Waals surface area contributed by atoms with Crippen LogP contribution in [0.4, 0.5) is 5.82 Å². The number of hydrogen-bond acceptors (Lipinski definition) is 5. The summed E-state index contributed by atoms with van der Waals surface area (Å²) in [4.78, 5) is 19.3. The molecule has 0 unspecified atom stereocenters. The average Bonchev–Trinajstić information content (AvgIpc) is 3.38. The standard InChI is InChI=1S/C20H27N3O3S/c24-20(23-6-8-27(25,26)9-7-23)17-12-21-19(16-3-1-2-15(16)17)22-18-11-13-4-5-14(18)10-13/h12-14,18H,1-11H2,(H,21,22)/t13-,14+,18+/m0/s1. The molecule has 1 saturated heterocycles. The minimum absolute atomic E-state index is 0.0537. The second kappa shape index (κ2) is 6.47. The maximum absolute atomic E-state index is 13.0. The van der Waals surface area contributed by atoms with E-state index in [2.05, 4.69) is 10.3 Å². The number of carbonyl (C=O) groups excluding carboxylic acids is 1. The molecule has 3 aliphatic carbocycles. The van der Waals surface area contributed by atoms with Gasteiger partial charge in [0.25, 0.3) is 5.91 Å². The Balaban J connectivity index is 1.37. The third kappa shape index (κ3) is 3.13. The molecule has 0 aromatic carbocycles. The lowest BCUT2D eigenvalue weighted by Gasteiger charge is -2.28. The van der Waals surface area contributed by atoms with Gasteiger partial charge in [-0.1, -0.05) is 6.42 Å². The van der Waals surface area contributed by atoms with Crippen LogP contribution in [-0.4, -0.2) is 54.8 Å². The molecule has 2 saturated carbocycles. The quantitative estimate of drug-likeness (QED) is 0.856. The van der Waals surface area contributed by atoms with Crippen LogP contribution in [0.5, 0.6) is 0 Å². The minimum atomic E-state index is -2.99. The summed E-state index contributed by atoms with van der Waals surface area (Å²) in [5.74, 6) is 2.73. The van der Waals surface area contributed by atoms with Gasteiger partial charge in [-0.25, -0.2) is 13.4 Å². The van der Waals surface area contributed by atoms with E-state index in [0.29, 0.717) is 24.7 Å². The van der Waals surface area contributed by atoms with E-state index >= 15 is 0 Å². The summed E-state index contributed by atoms with van der Waals surface area (Å²) >= 11 is 0. The second-order valence-corrected chi connectivity index (χ2v) is 11.0. The topological polar surface area (TPSA) is 79.4 Å². The predicted octanol–water partition coefficient (Wildman–Crippen LogP) is 2.04. The minimum Gasteiger partial charge on any atom is -0.367 e. The number of amides is 1. The number of sulfone groups is 1. The Bertz CT molecular complexity index is 869. The van der Waals surface area contributed by atoms with E-state index in [0.717, 1.165) is 42.5 Å². The van der Waals surface area contributed by atoms with Gasteiger partial charge in [-0.15, -0.1) is 0 Å². The lowest BCUT2D eigenvalue weighted by molar-refractivity contribution is 0.0769. The van der Waals surface area contributed by atoms with E-state index in [1.165, 1.54) is 31.2 Å². The van der Waals surface area contributed by atoms with Crippen molar-refractivity contribution < 1.29 is 13.2 Å². The van der Waals surface area contributed by atoms with Crippen molar-refractivity contribution in [2.75, 3.05) is 29.9 Å². The lowest BCUT2D eigenvalue weighted by atomic mass is 9.95. The summed E-state index contributed by atoms with van der Waals surface area (Å²) in [6.07, 6.45) is 9.99. The number of hydrogen-bond donors (Lipinski definition) is 1. The molecule has 0 spiro atoms. The molecule has 1 aromatic heterocycles. The normalized spacial score (nSPS) is 31.1. The molecule has 1 amide bonds. The molecule has 27 heavy (non-hydrogen) atoms. The zero-order chi connectivity index (χ0) is 18.6. The van der Waals surface area contributed by atoms with Crippen LogP contribution in [0.3, 0.4) is 0 Å². The Morgan fingerprint density at radius 1 is 1.11 bits per heavy atom. The van der Waals surface area contributed by atoms with E-state index in [4.69, 9.17) is 0 Å². The molecule has 1 aliphatic heterocycles. The third-order valence-electron chi connectivity index (χ3n) is 7.07. The average molecular weight is 390 g/mol. The van der Waals surface area contributed by atoms with Crippen molar-refractivity contribution in [1.82, 2.24) is 9.88 Å². The molecule has 1 N–H and O–H groups in total. The van der Waals surface area contributed by atoms with Crippen LogP contribution in [0, 0.1) is 11.8 Å². The van der Waals surface area contributed by atoms with E-state index in [1.807, 2.05) is 0 Å². The van der Waals surface area contributed by atoms with Crippen LogP contribution < -0.4 is 5.32 Å². The molecule has 4 aliphatic rings. The van der Waals surface area contributed by atoms with Gasteiger partial charge in [-0.3, -0.25) is 4.79 Å². The summed E-state index contributed by atoms with van der Waals surface area (Å²) in [5, 5.41) is 3.71. The number of fused-ring (bicyclic) bond motifs is 3. The summed E-state index contributed by atoms with van der Waals surface area (Å²) in [5.41, 5.74) is 3.03. The molecule has 2 heterocycles. The van der Waals surface area contributed by atoms with Crippen molar-refractivity contribution in [2.24, 2.45) is 11.8 Å². The highest BCUT2D eigenvalue weighted by molar-refractivity contribution is 7.91. The molecule has 3 atom stereocenters. The third-order valence-corrected chi connectivity index (χ3v) is 8.68. The number of rotatable bonds is 3. The van der Waals surface area contributed by atoms with Crippen LogP contribution in [0.1, 0.15) is 53.6 Å². The van der Waals surface area contributed by atoms with E-state index in [1.54, 1.807) is 11.1 Å². The lowest BCUT2D eigenvalue weighted by Crippen LogP contribution is -2.44. The first-order chi connectivity index (χ1) is 13.0. The van der Waals surface area contributed by atoms with Gasteiger partial charge in [-0.2, -0.15) is 0 Å². The van der Waals surface area contributed by atoms with Gasteiger partial charge in [0.15, 0.2) is 9.84 Å². The number of aromatic nitrogens is 1. The summed E-state index contributed by atoms with van der Waals surface area (Å²) in [6, 6.07) is 0.537. The van der Waals surface area contributed by atoms with Crippen molar-refractivity contribution in [3.8, 4) is 0 Å². The molecule has 5 rings (SSSR count). The van der Waals surface area contributed by atoms with Crippen LogP contribution in [0.25, 0.3) is 0 Å². The fourth-order valence-corrected chi connectivity index (χ4v) is 6.78. The van der Waals surface area contributed by atoms with Gasteiger partial charge < -0.3 is 10.2 Å². The summed E-state index contributed by atoms with van der Waals surface area (Å²) < 4.78 is 23.3. The first kappa shape index (κ1) is 17.5. The highest BCUT2D eigenvalue weighted by atomic mass is 32.2.